The number of piperazine rings is 1. The predicted octanol–water partition coefficient (Wildman–Crippen LogP) is 2.61. The molecule has 2 aromatic rings. The van der Waals surface area contributed by atoms with E-state index in [1.54, 1.807) is 0 Å². The molecule has 2 heterocycles. The van der Waals surface area contributed by atoms with E-state index in [1.165, 1.54) is 0 Å². The number of aromatic nitrogens is 1. The second kappa shape index (κ2) is 8.74. The van der Waals surface area contributed by atoms with Crippen molar-refractivity contribution < 1.29 is 9.21 Å². The molecule has 0 spiro atoms. The molecule has 25 heavy (non-hydrogen) atoms. The number of carbonyl (C=O) groups is 1. The van der Waals surface area contributed by atoms with Crippen LogP contribution in [-0.2, 0) is 4.79 Å². The summed E-state index contributed by atoms with van der Waals surface area (Å²) in [6.07, 6.45) is 0. The number of anilines is 1. The van der Waals surface area contributed by atoms with Crippen LogP contribution >= 0.6 is 24.8 Å². The molecule has 2 atom stereocenters. The van der Waals surface area contributed by atoms with Crippen molar-refractivity contribution in [3.05, 3.63) is 23.8 Å². The molecule has 1 aromatic heterocycles. The lowest BCUT2D eigenvalue weighted by molar-refractivity contribution is -0.135. The number of benzene rings is 1. The molecule has 3 rings (SSSR count). The van der Waals surface area contributed by atoms with Crippen LogP contribution in [0.3, 0.4) is 0 Å². The fourth-order valence-corrected chi connectivity index (χ4v) is 2.79. The number of carbonyl (C=O) groups excluding carboxylic acids is 1. The third-order valence-electron chi connectivity index (χ3n) is 4.57. The Bertz CT molecular complexity index is 712. The van der Waals surface area contributed by atoms with Crippen molar-refractivity contribution in [3.63, 3.8) is 0 Å². The minimum atomic E-state index is -0.145. The van der Waals surface area contributed by atoms with Gasteiger partial charge >= 0.3 is 0 Å². The van der Waals surface area contributed by atoms with E-state index in [0.717, 1.165) is 29.8 Å². The van der Waals surface area contributed by atoms with Gasteiger partial charge in [-0.3, -0.25) is 4.79 Å². The fraction of sp³-hybridized carbons (Fsp3) is 0.529. The van der Waals surface area contributed by atoms with E-state index in [9.17, 15) is 4.79 Å². The van der Waals surface area contributed by atoms with Gasteiger partial charge < -0.3 is 20.0 Å². The van der Waals surface area contributed by atoms with Gasteiger partial charge in [-0.1, -0.05) is 13.0 Å². The van der Waals surface area contributed by atoms with Gasteiger partial charge in [0, 0.05) is 32.2 Å². The number of aryl methyl sites for hydroxylation is 1. The molecule has 0 bridgehead atoms. The number of nitrogens with two attached hydrogens (primary N) is 1. The van der Waals surface area contributed by atoms with Gasteiger partial charge in [-0.25, -0.2) is 0 Å². The largest absolute Gasteiger partial charge is 0.423 e. The lowest BCUT2D eigenvalue weighted by atomic mass is 10.0. The first kappa shape index (κ1) is 21.5. The summed E-state index contributed by atoms with van der Waals surface area (Å²) in [6.45, 7) is 8.60. The second-order valence-electron chi connectivity index (χ2n) is 6.43. The van der Waals surface area contributed by atoms with Crippen molar-refractivity contribution in [3.8, 4) is 0 Å². The summed E-state index contributed by atoms with van der Waals surface area (Å²) in [6, 6.07) is 6.50. The highest BCUT2D eigenvalue weighted by atomic mass is 35.5. The average molecular weight is 389 g/mol. The maximum Gasteiger partial charge on any atom is 0.298 e. The Morgan fingerprint density at radius 1 is 1.20 bits per heavy atom. The molecule has 1 aromatic carbocycles. The highest BCUT2D eigenvalue weighted by Gasteiger charge is 2.28. The van der Waals surface area contributed by atoms with Crippen molar-refractivity contribution in [2.24, 2.45) is 11.7 Å². The van der Waals surface area contributed by atoms with Gasteiger partial charge in [0.1, 0.15) is 5.52 Å². The van der Waals surface area contributed by atoms with Crippen molar-refractivity contribution in [1.82, 2.24) is 9.88 Å². The zero-order chi connectivity index (χ0) is 16.6. The van der Waals surface area contributed by atoms with Crippen LogP contribution in [0.2, 0.25) is 0 Å². The molecule has 6 nitrogen and oxygen atoms in total. The number of hydrogen-bond acceptors (Lipinski definition) is 5. The van der Waals surface area contributed by atoms with Gasteiger partial charge in [-0.15, -0.1) is 24.8 Å². The fourth-order valence-electron chi connectivity index (χ4n) is 2.79. The van der Waals surface area contributed by atoms with Gasteiger partial charge in [-0.05, 0) is 31.5 Å². The Balaban J connectivity index is 0.00000156. The molecule has 2 unspecified atom stereocenters. The zero-order valence-corrected chi connectivity index (χ0v) is 16.4. The number of fused-ring (bicyclic) bond motifs is 1. The van der Waals surface area contributed by atoms with Gasteiger partial charge in [0.05, 0.1) is 5.92 Å². The molecule has 1 aliphatic heterocycles. The smallest absolute Gasteiger partial charge is 0.298 e. The monoisotopic (exact) mass is 388 g/mol. The summed E-state index contributed by atoms with van der Waals surface area (Å²) in [4.78, 5) is 20.9. The quantitative estimate of drug-likeness (QED) is 0.874. The molecule has 1 amide bonds. The first-order valence-corrected chi connectivity index (χ1v) is 8.12. The number of hydrogen-bond donors (Lipinski definition) is 1. The standard InChI is InChI=1S/C17H24N4O2.2ClH/c1-11-4-5-15-14(10-11)19-17(23-15)21-8-6-20(7-9-21)16(22)12(2)13(3)18;;/h4-5,10,12-13H,6-9,18H2,1-3H3;2*1H. The van der Waals surface area contributed by atoms with Gasteiger partial charge in [0.25, 0.3) is 6.01 Å². The lowest BCUT2D eigenvalue weighted by Crippen LogP contribution is -2.52. The number of halogens is 2. The molecule has 8 heteroatoms. The Hall–Kier alpha value is -1.50. The van der Waals surface area contributed by atoms with Gasteiger partial charge in [-0.2, -0.15) is 4.98 Å². The first-order chi connectivity index (χ1) is 11.0. The molecule has 0 saturated carbocycles. The van der Waals surface area contributed by atoms with E-state index in [0.29, 0.717) is 19.1 Å². The molecule has 1 saturated heterocycles. The number of rotatable bonds is 3. The molecular weight excluding hydrogens is 363 g/mol. The second-order valence-corrected chi connectivity index (χ2v) is 6.43. The minimum Gasteiger partial charge on any atom is -0.423 e. The van der Waals surface area contributed by atoms with Gasteiger partial charge in [0.15, 0.2) is 5.58 Å². The minimum absolute atomic E-state index is 0. The van der Waals surface area contributed by atoms with E-state index in [1.807, 2.05) is 43.9 Å². The molecular formula is C17H26Cl2N4O2. The summed E-state index contributed by atoms with van der Waals surface area (Å²) in [5, 5.41) is 0. The van der Waals surface area contributed by atoms with Crippen LogP contribution in [-0.4, -0.2) is 48.0 Å². The number of amides is 1. The summed E-state index contributed by atoms with van der Waals surface area (Å²) in [7, 11) is 0. The van der Waals surface area contributed by atoms with Crippen LogP contribution in [0, 0.1) is 12.8 Å². The average Bonchev–Trinajstić information content (AvgIpc) is 2.96. The van der Waals surface area contributed by atoms with Crippen molar-refractivity contribution in [2.45, 2.75) is 26.8 Å². The summed E-state index contributed by atoms with van der Waals surface area (Å²) in [5.74, 6) is -0.0123. The summed E-state index contributed by atoms with van der Waals surface area (Å²) < 4.78 is 5.84. The van der Waals surface area contributed by atoms with E-state index in [-0.39, 0.29) is 42.7 Å². The molecule has 1 fully saturated rings. The first-order valence-electron chi connectivity index (χ1n) is 8.12. The van der Waals surface area contributed by atoms with Crippen LogP contribution in [0.5, 0.6) is 0 Å². The number of oxazole rings is 1. The maximum absolute atomic E-state index is 12.3. The highest BCUT2D eigenvalue weighted by molar-refractivity contribution is 5.85. The molecule has 140 valence electrons. The number of nitrogens with zero attached hydrogens (tertiary/aromatic N) is 3. The van der Waals surface area contributed by atoms with E-state index < -0.39 is 0 Å². The Morgan fingerprint density at radius 2 is 1.84 bits per heavy atom. The summed E-state index contributed by atoms with van der Waals surface area (Å²) >= 11 is 0. The Kier molecular flexibility index (Phi) is 7.53. The van der Waals surface area contributed by atoms with Crippen molar-refractivity contribution >= 4 is 47.8 Å². The van der Waals surface area contributed by atoms with Crippen molar-refractivity contribution in [2.75, 3.05) is 31.1 Å². The SMILES string of the molecule is Cc1ccc2oc(N3CCN(C(=O)C(C)C(C)N)CC3)nc2c1.Cl.Cl. The van der Waals surface area contributed by atoms with Crippen molar-refractivity contribution in [1.29, 1.82) is 0 Å². The van der Waals surface area contributed by atoms with E-state index >= 15 is 0 Å². The lowest BCUT2D eigenvalue weighted by Gasteiger charge is -2.35. The van der Waals surface area contributed by atoms with Gasteiger partial charge in [0.2, 0.25) is 5.91 Å². The zero-order valence-electron chi connectivity index (χ0n) is 14.8. The molecule has 0 radical (unpaired) electrons. The van der Waals surface area contributed by atoms with Crippen LogP contribution in [0.4, 0.5) is 6.01 Å². The Morgan fingerprint density at radius 3 is 2.44 bits per heavy atom. The van der Waals surface area contributed by atoms with Crippen LogP contribution in [0.25, 0.3) is 11.1 Å². The third kappa shape index (κ3) is 4.57. The van der Waals surface area contributed by atoms with E-state index in [2.05, 4.69) is 9.88 Å². The van der Waals surface area contributed by atoms with Crippen LogP contribution in [0.15, 0.2) is 22.6 Å². The predicted molar refractivity (Wildman–Crippen MR) is 105 cm³/mol. The van der Waals surface area contributed by atoms with Crippen LogP contribution in [0.1, 0.15) is 19.4 Å². The van der Waals surface area contributed by atoms with E-state index in [4.69, 9.17) is 10.2 Å². The molecule has 2 N–H and O–H groups in total. The Labute approximate surface area is 160 Å². The summed E-state index contributed by atoms with van der Waals surface area (Å²) in [5.41, 5.74) is 8.68. The van der Waals surface area contributed by atoms with Crippen LogP contribution < -0.4 is 10.6 Å². The molecule has 1 aliphatic rings. The highest BCUT2D eigenvalue weighted by Crippen LogP contribution is 2.24. The normalized spacial score (nSPS) is 16.8. The topological polar surface area (TPSA) is 75.6 Å². The molecule has 0 aliphatic carbocycles. The maximum atomic E-state index is 12.3. The third-order valence-corrected chi connectivity index (χ3v) is 4.57.